The first-order valence-corrected chi connectivity index (χ1v) is 8.31. The van der Waals surface area contributed by atoms with E-state index in [0.717, 1.165) is 37.1 Å². The standard InChI is InChI=1S/C18H28N4O.HI/c1-18(2,3)21-17(19)20-13-14-7-9-15(10-8-14)16(23)22-11-5-4-6-12-22;/h7-10H,4-6,11-13H2,1-3H3,(H3,19,20,21);1H. The van der Waals surface area contributed by atoms with Crippen LogP contribution in [0.1, 0.15) is 56.0 Å². The summed E-state index contributed by atoms with van der Waals surface area (Å²) in [6, 6.07) is 7.67. The molecule has 6 heteroatoms. The van der Waals surface area contributed by atoms with Crippen molar-refractivity contribution in [1.29, 1.82) is 0 Å². The Morgan fingerprint density at radius 2 is 1.75 bits per heavy atom. The summed E-state index contributed by atoms with van der Waals surface area (Å²) < 4.78 is 0. The number of piperidine rings is 1. The highest BCUT2D eigenvalue weighted by molar-refractivity contribution is 14.0. The molecule has 1 saturated heterocycles. The van der Waals surface area contributed by atoms with Crippen molar-refractivity contribution >= 4 is 35.8 Å². The van der Waals surface area contributed by atoms with Crippen molar-refractivity contribution in [2.75, 3.05) is 13.1 Å². The molecule has 5 nitrogen and oxygen atoms in total. The van der Waals surface area contributed by atoms with E-state index >= 15 is 0 Å². The van der Waals surface area contributed by atoms with Gasteiger partial charge in [-0.2, -0.15) is 0 Å². The van der Waals surface area contributed by atoms with Crippen LogP contribution in [0, 0.1) is 0 Å². The highest BCUT2D eigenvalue weighted by atomic mass is 127. The third-order valence-electron chi connectivity index (χ3n) is 3.78. The van der Waals surface area contributed by atoms with Crippen molar-refractivity contribution in [2.45, 2.75) is 52.1 Å². The Balaban J connectivity index is 0.00000288. The molecule has 0 aromatic heterocycles. The number of nitrogens with two attached hydrogens (primary N) is 1. The largest absolute Gasteiger partial charge is 0.370 e. The second-order valence-electron chi connectivity index (χ2n) is 7.13. The number of nitrogens with zero attached hydrogens (tertiary/aromatic N) is 2. The van der Waals surface area contributed by atoms with Gasteiger partial charge in [-0.05, 0) is 57.7 Å². The Morgan fingerprint density at radius 3 is 2.29 bits per heavy atom. The number of rotatable bonds is 3. The second-order valence-corrected chi connectivity index (χ2v) is 7.13. The van der Waals surface area contributed by atoms with Gasteiger partial charge in [0.2, 0.25) is 0 Å². The molecule has 1 aromatic carbocycles. The Hall–Kier alpha value is -1.31. The van der Waals surface area contributed by atoms with Gasteiger partial charge >= 0.3 is 0 Å². The number of guanidine groups is 1. The van der Waals surface area contributed by atoms with Crippen molar-refractivity contribution in [3.63, 3.8) is 0 Å². The minimum absolute atomic E-state index is 0. The first kappa shape index (κ1) is 20.7. The fourth-order valence-corrected chi connectivity index (χ4v) is 2.63. The van der Waals surface area contributed by atoms with E-state index in [9.17, 15) is 4.79 Å². The maximum absolute atomic E-state index is 12.4. The molecule has 0 atom stereocenters. The van der Waals surface area contributed by atoms with E-state index in [0.29, 0.717) is 12.5 Å². The predicted octanol–water partition coefficient (Wildman–Crippen LogP) is 3.13. The Labute approximate surface area is 162 Å². The van der Waals surface area contributed by atoms with Crippen molar-refractivity contribution in [1.82, 2.24) is 10.2 Å². The smallest absolute Gasteiger partial charge is 0.253 e. The molecule has 1 fully saturated rings. The van der Waals surface area contributed by atoms with Crippen LogP contribution >= 0.6 is 24.0 Å². The van der Waals surface area contributed by atoms with Crippen LogP contribution in [0.5, 0.6) is 0 Å². The van der Waals surface area contributed by atoms with E-state index in [2.05, 4.69) is 10.3 Å². The molecule has 1 aromatic rings. The number of nitrogens with one attached hydrogen (secondary N) is 1. The Morgan fingerprint density at radius 1 is 1.17 bits per heavy atom. The zero-order valence-electron chi connectivity index (χ0n) is 14.8. The summed E-state index contributed by atoms with van der Waals surface area (Å²) in [6.45, 7) is 8.37. The Bertz CT molecular complexity index is 557. The fourth-order valence-electron chi connectivity index (χ4n) is 2.63. The van der Waals surface area contributed by atoms with Crippen molar-refractivity contribution in [3.8, 4) is 0 Å². The number of carbonyl (C=O) groups excluding carboxylic acids is 1. The molecule has 0 radical (unpaired) electrons. The van der Waals surface area contributed by atoms with Crippen LogP contribution in [0.4, 0.5) is 0 Å². The van der Waals surface area contributed by atoms with Crippen molar-refractivity contribution < 1.29 is 4.79 Å². The molecule has 1 heterocycles. The van der Waals surface area contributed by atoms with E-state index in [1.54, 1.807) is 0 Å². The van der Waals surface area contributed by atoms with Gasteiger partial charge in [-0.3, -0.25) is 4.79 Å². The zero-order valence-corrected chi connectivity index (χ0v) is 17.2. The van der Waals surface area contributed by atoms with Crippen LogP contribution in [0.3, 0.4) is 0 Å². The lowest BCUT2D eigenvalue weighted by Gasteiger charge is -2.26. The Kier molecular flexibility index (Phi) is 7.99. The molecule has 0 spiro atoms. The van der Waals surface area contributed by atoms with Gasteiger partial charge in [-0.1, -0.05) is 12.1 Å². The maximum atomic E-state index is 12.4. The highest BCUT2D eigenvalue weighted by Gasteiger charge is 2.17. The number of amides is 1. The van der Waals surface area contributed by atoms with Crippen LogP contribution in [0.15, 0.2) is 29.3 Å². The molecule has 24 heavy (non-hydrogen) atoms. The van der Waals surface area contributed by atoms with E-state index in [1.165, 1.54) is 6.42 Å². The van der Waals surface area contributed by atoms with Gasteiger partial charge in [0.25, 0.3) is 5.91 Å². The number of likely N-dealkylation sites (tertiary alicyclic amines) is 1. The lowest BCUT2D eigenvalue weighted by atomic mass is 10.1. The third-order valence-corrected chi connectivity index (χ3v) is 3.78. The zero-order chi connectivity index (χ0) is 16.9. The second kappa shape index (κ2) is 9.25. The van der Waals surface area contributed by atoms with Crippen LogP contribution in [-0.2, 0) is 6.54 Å². The number of hydrogen-bond donors (Lipinski definition) is 2. The first-order chi connectivity index (χ1) is 10.8. The quantitative estimate of drug-likeness (QED) is 0.428. The van der Waals surface area contributed by atoms with Gasteiger partial charge in [-0.15, -0.1) is 24.0 Å². The van der Waals surface area contributed by atoms with Crippen LogP contribution < -0.4 is 11.1 Å². The third kappa shape index (κ3) is 6.67. The maximum Gasteiger partial charge on any atom is 0.253 e. The van der Waals surface area contributed by atoms with E-state index in [1.807, 2.05) is 49.9 Å². The average molecular weight is 444 g/mol. The summed E-state index contributed by atoms with van der Waals surface area (Å²) >= 11 is 0. The molecule has 3 N–H and O–H groups in total. The molecule has 0 bridgehead atoms. The molecule has 0 saturated carbocycles. The SMILES string of the molecule is CC(C)(C)NC(N)=NCc1ccc(C(=O)N2CCCCC2)cc1.I. The van der Waals surface area contributed by atoms with Gasteiger partial charge < -0.3 is 16.0 Å². The van der Waals surface area contributed by atoms with Gasteiger partial charge in [0.05, 0.1) is 6.54 Å². The molecular formula is C18H29IN4O. The van der Waals surface area contributed by atoms with Crippen molar-refractivity contribution in [3.05, 3.63) is 35.4 Å². The van der Waals surface area contributed by atoms with E-state index in [4.69, 9.17) is 5.73 Å². The van der Waals surface area contributed by atoms with Crippen LogP contribution in [-0.4, -0.2) is 35.4 Å². The van der Waals surface area contributed by atoms with Crippen LogP contribution in [0.25, 0.3) is 0 Å². The molecule has 0 unspecified atom stereocenters. The number of halogens is 1. The summed E-state index contributed by atoms with van der Waals surface area (Å²) in [4.78, 5) is 18.7. The molecular weight excluding hydrogens is 415 g/mol. The predicted molar refractivity (Wildman–Crippen MR) is 110 cm³/mol. The van der Waals surface area contributed by atoms with Gasteiger partial charge in [0.1, 0.15) is 0 Å². The molecule has 1 aliphatic rings. The topological polar surface area (TPSA) is 70.7 Å². The minimum Gasteiger partial charge on any atom is -0.370 e. The molecule has 0 aliphatic carbocycles. The summed E-state index contributed by atoms with van der Waals surface area (Å²) in [5.74, 6) is 0.569. The van der Waals surface area contributed by atoms with Crippen molar-refractivity contribution in [2.24, 2.45) is 10.7 Å². The average Bonchev–Trinajstić information content (AvgIpc) is 2.52. The lowest BCUT2D eigenvalue weighted by molar-refractivity contribution is 0.0724. The van der Waals surface area contributed by atoms with Gasteiger partial charge in [0.15, 0.2) is 5.96 Å². The highest BCUT2D eigenvalue weighted by Crippen LogP contribution is 2.14. The van der Waals surface area contributed by atoms with Gasteiger partial charge in [-0.25, -0.2) is 4.99 Å². The number of benzene rings is 1. The summed E-state index contributed by atoms with van der Waals surface area (Å²) in [7, 11) is 0. The number of aliphatic imine (C=N–C) groups is 1. The number of hydrogen-bond acceptors (Lipinski definition) is 2. The van der Waals surface area contributed by atoms with Crippen LogP contribution in [0.2, 0.25) is 0 Å². The van der Waals surface area contributed by atoms with E-state index in [-0.39, 0.29) is 35.4 Å². The fraction of sp³-hybridized carbons (Fsp3) is 0.556. The molecule has 1 aliphatic heterocycles. The summed E-state index contributed by atoms with van der Waals surface area (Å²) in [5, 5.41) is 3.13. The monoisotopic (exact) mass is 444 g/mol. The molecule has 2 rings (SSSR count). The lowest BCUT2D eigenvalue weighted by Crippen LogP contribution is -2.44. The normalized spacial score (nSPS) is 15.6. The van der Waals surface area contributed by atoms with Gasteiger partial charge in [0, 0.05) is 24.2 Å². The number of carbonyl (C=O) groups is 1. The van der Waals surface area contributed by atoms with E-state index < -0.39 is 0 Å². The minimum atomic E-state index is -0.0989. The summed E-state index contributed by atoms with van der Waals surface area (Å²) in [6.07, 6.45) is 3.45. The first-order valence-electron chi connectivity index (χ1n) is 8.31. The molecule has 134 valence electrons. The molecule has 1 amide bonds. The summed E-state index contributed by atoms with van der Waals surface area (Å²) in [5.41, 5.74) is 7.55.